The highest BCUT2D eigenvalue weighted by Crippen LogP contribution is 2.46. The first-order valence-corrected chi connectivity index (χ1v) is 15.1. The molecule has 1 fully saturated rings. The van der Waals surface area contributed by atoms with Gasteiger partial charge in [0.1, 0.15) is 16.7 Å². The summed E-state index contributed by atoms with van der Waals surface area (Å²) in [7, 11) is -1.14. The molecule has 2 aliphatic rings. The number of nitrogen functional groups attached to an aromatic ring is 2. The fourth-order valence-electron chi connectivity index (χ4n) is 5.46. The van der Waals surface area contributed by atoms with Crippen molar-refractivity contribution in [3.63, 3.8) is 0 Å². The van der Waals surface area contributed by atoms with E-state index < -0.39 is 11.0 Å². The summed E-state index contributed by atoms with van der Waals surface area (Å²) in [4.78, 5) is 16.3. The van der Waals surface area contributed by atoms with Gasteiger partial charge in [0.25, 0.3) is 0 Å². The van der Waals surface area contributed by atoms with Gasteiger partial charge in [-0.25, -0.2) is 23.9 Å². The molecule has 1 aromatic carbocycles. The maximum Gasteiger partial charge on any atom is 0.158 e. The van der Waals surface area contributed by atoms with Crippen molar-refractivity contribution in [3.05, 3.63) is 58.9 Å². The van der Waals surface area contributed by atoms with Crippen LogP contribution in [0.1, 0.15) is 51.2 Å². The first-order chi connectivity index (χ1) is 18.1. The zero-order valence-electron chi connectivity index (χ0n) is 21.9. The van der Waals surface area contributed by atoms with Crippen LogP contribution in [-0.4, -0.2) is 43.0 Å². The van der Waals surface area contributed by atoms with Crippen LogP contribution in [0.3, 0.4) is 0 Å². The summed E-state index contributed by atoms with van der Waals surface area (Å²) in [5, 5.41) is 0.956. The van der Waals surface area contributed by atoms with E-state index in [0.717, 1.165) is 49.5 Å². The molecule has 8 nitrogen and oxygen atoms in total. The highest BCUT2D eigenvalue weighted by atomic mass is 35.5. The number of hydrogen-bond donors (Lipinski definition) is 3. The number of piperidine rings is 1. The predicted molar refractivity (Wildman–Crippen MR) is 157 cm³/mol. The third-order valence-electron chi connectivity index (χ3n) is 7.55. The second-order valence-electron chi connectivity index (χ2n) is 10.9. The first kappa shape index (κ1) is 27.2. The number of fused-ring (bicyclic) bond motifs is 2. The summed E-state index contributed by atoms with van der Waals surface area (Å²) in [5.41, 5.74) is 14.9. The second kappa shape index (κ2) is 10.6. The zero-order chi connectivity index (χ0) is 27.1. The van der Waals surface area contributed by atoms with Crippen molar-refractivity contribution in [1.29, 1.82) is 0 Å². The number of nitrogens with zero attached hydrogens (tertiary/aromatic N) is 4. The minimum atomic E-state index is -1.14. The summed E-state index contributed by atoms with van der Waals surface area (Å²) in [6.45, 7) is 7.67. The third-order valence-corrected chi connectivity index (χ3v) is 10.7. The highest BCUT2D eigenvalue weighted by molar-refractivity contribution is 7.99. The molecule has 38 heavy (non-hydrogen) atoms. The van der Waals surface area contributed by atoms with E-state index in [2.05, 4.69) is 48.8 Å². The Hall–Kier alpha value is -2.40. The van der Waals surface area contributed by atoms with Crippen LogP contribution in [0.15, 0.2) is 52.6 Å². The van der Waals surface area contributed by atoms with E-state index in [0.29, 0.717) is 15.9 Å². The van der Waals surface area contributed by atoms with Gasteiger partial charge in [0.15, 0.2) is 5.82 Å². The Bertz CT molecular complexity index is 1360. The van der Waals surface area contributed by atoms with Gasteiger partial charge in [0.05, 0.1) is 27.0 Å². The van der Waals surface area contributed by atoms with Gasteiger partial charge < -0.3 is 16.4 Å². The number of pyridine rings is 1. The Labute approximate surface area is 235 Å². The summed E-state index contributed by atoms with van der Waals surface area (Å²) < 4.78 is 16.4. The monoisotopic (exact) mass is 571 g/mol. The van der Waals surface area contributed by atoms with Crippen molar-refractivity contribution < 1.29 is 4.21 Å². The Balaban J connectivity index is 1.36. The molecular formula is C27H34ClN7OS2. The minimum Gasteiger partial charge on any atom is -0.382 e. The summed E-state index contributed by atoms with van der Waals surface area (Å²) in [6, 6.07) is 10.7. The van der Waals surface area contributed by atoms with E-state index in [1.807, 2.05) is 20.8 Å². The van der Waals surface area contributed by atoms with E-state index in [1.165, 1.54) is 22.9 Å². The van der Waals surface area contributed by atoms with Crippen molar-refractivity contribution in [2.24, 2.45) is 0 Å². The molecule has 5 rings (SSSR count). The molecule has 3 aromatic rings. The predicted octanol–water partition coefficient (Wildman–Crippen LogP) is 4.75. The number of halogens is 1. The van der Waals surface area contributed by atoms with Crippen molar-refractivity contribution in [3.8, 4) is 0 Å². The number of rotatable bonds is 5. The van der Waals surface area contributed by atoms with Gasteiger partial charge in [-0.15, -0.1) is 0 Å². The zero-order valence-corrected chi connectivity index (χ0v) is 24.3. The van der Waals surface area contributed by atoms with Gasteiger partial charge in [-0.05, 0) is 63.6 Å². The molecule has 0 saturated carbocycles. The van der Waals surface area contributed by atoms with Gasteiger partial charge in [0.2, 0.25) is 0 Å². The maximum atomic E-state index is 13.1. The SMILES string of the molecule is CC(C)(C)S(=O)N[C@@H]1CCc2ccccc2C12CCN(c1cnc(Sc3ccnc(N)c3Cl)c(N)n1)CC2. The first-order valence-electron chi connectivity index (χ1n) is 12.8. The van der Waals surface area contributed by atoms with Crippen molar-refractivity contribution in [2.75, 3.05) is 29.5 Å². The number of anilines is 3. The number of hydrogen-bond acceptors (Lipinski definition) is 8. The van der Waals surface area contributed by atoms with E-state index >= 15 is 0 Å². The van der Waals surface area contributed by atoms with Crippen molar-refractivity contribution >= 4 is 51.8 Å². The quantitative estimate of drug-likeness (QED) is 0.401. The molecule has 0 amide bonds. The number of nitrogens with two attached hydrogens (primary N) is 2. The minimum absolute atomic E-state index is 0.0843. The van der Waals surface area contributed by atoms with Gasteiger partial charge in [-0.1, -0.05) is 47.6 Å². The third kappa shape index (κ3) is 5.23. The Morgan fingerprint density at radius 2 is 1.87 bits per heavy atom. The standard InChI is InChI=1S/C27H34ClN7OS2/c1-26(2,3)38(36)34-20-9-8-17-6-4-5-7-18(17)27(20)11-14-35(15-12-27)21-16-32-25(24(30)33-21)37-19-10-13-31-23(29)22(19)28/h4-7,10,13,16,20,34H,8-9,11-12,14-15H2,1-3H3,(H2,29,31)(H2,30,33)/t20-,38?/m1/s1. The van der Waals surface area contributed by atoms with Gasteiger partial charge in [0, 0.05) is 35.6 Å². The molecular weight excluding hydrogens is 538 g/mol. The molecule has 3 heterocycles. The van der Waals surface area contributed by atoms with Crippen molar-refractivity contribution in [1.82, 2.24) is 19.7 Å². The normalized spacial score (nSPS) is 19.8. The fourth-order valence-corrected chi connectivity index (χ4v) is 7.43. The lowest BCUT2D eigenvalue weighted by Gasteiger charge is -2.50. The molecule has 0 bridgehead atoms. The average Bonchev–Trinajstić information content (AvgIpc) is 2.89. The molecule has 5 N–H and O–H groups in total. The molecule has 1 saturated heterocycles. The molecule has 11 heteroatoms. The molecule has 1 aliphatic carbocycles. The summed E-state index contributed by atoms with van der Waals surface area (Å²) >= 11 is 7.62. The van der Waals surface area contributed by atoms with Crippen LogP contribution in [0, 0.1) is 0 Å². The molecule has 1 unspecified atom stereocenters. The number of aryl methyl sites for hydroxylation is 1. The Kier molecular flexibility index (Phi) is 7.61. The van der Waals surface area contributed by atoms with Crippen LogP contribution in [0.2, 0.25) is 5.02 Å². The Morgan fingerprint density at radius 3 is 2.58 bits per heavy atom. The smallest absolute Gasteiger partial charge is 0.158 e. The van der Waals surface area contributed by atoms with Crippen LogP contribution >= 0.6 is 23.4 Å². The Morgan fingerprint density at radius 1 is 1.13 bits per heavy atom. The van der Waals surface area contributed by atoms with Crippen LogP contribution in [0.4, 0.5) is 17.5 Å². The second-order valence-corrected chi connectivity index (χ2v) is 14.3. The lowest BCUT2D eigenvalue weighted by Crippen LogP contribution is -2.58. The highest BCUT2D eigenvalue weighted by Gasteiger charge is 2.47. The van der Waals surface area contributed by atoms with Crippen LogP contribution in [0.25, 0.3) is 0 Å². The van der Waals surface area contributed by atoms with E-state index in [9.17, 15) is 4.21 Å². The van der Waals surface area contributed by atoms with E-state index in [1.54, 1.807) is 18.5 Å². The number of benzene rings is 1. The molecule has 1 spiro atoms. The largest absolute Gasteiger partial charge is 0.382 e. The van der Waals surface area contributed by atoms with Crippen LogP contribution in [0.5, 0.6) is 0 Å². The number of nitrogens with one attached hydrogen (secondary N) is 1. The fraction of sp³-hybridized carbons (Fsp3) is 0.444. The topological polar surface area (TPSA) is 123 Å². The van der Waals surface area contributed by atoms with Gasteiger partial charge in [-0.2, -0.15) is 0 Å². The van der Waals surface area contributed by atoms with E-state index in [-0.39, 0.29) is 22.0 Å². The number of aromatic nitrogens is 3. The molecule has 202 valence electrons. The molecule has 1 aliphatic heterocycles. The lowest BCUT2D eigenvalue weighted by molar-refractivity contribution is 0.233. The molecule has 2 aromatic heterocycles. The maximum absolute atomic E-state index is 13.1. The average molecular weight is 572 g/mol. The van der Waals surface area contributed by atoms with Gasteiger partial charge >= 0.3 is 0 Å². The van der Waals surface area contributed by atoms with Crippen LogP contribution in [-0.2, 0) is 22.8 Å². The molecule has 0 radical (unpaired) electrons. The summed E-state index contributed by atoms with van der Waals surface area (Å²) in [5.74, 6) is 1.38. The van der Waals surface area contributed by atoms with Crippen LogP contribution < -0.4 is 21.1 Å². The van der Waals surface area contributed by atoms with Gasteiger partial charge in [-0.3, -0.25) is 0 Å². The lowest BCUT2D eigenvalue weighted by atomic mass is 9.62. The van der Waals surface area contributed by atoms with E-state index in [4.69, 9.17) is 23.1 Å². The summed E-state index contributed by atoms with van der Waals surface area (Å²) in [6.07, 6.45) is 7.19. The van der Waals surface area contributed by atoms with Crippen molar-refractivity contribution in [2.45, 2.75) is 72.6 Å². The molecule has 2 atom stereocenters.